The van der Waals surface area contributed by atoms with Crippen molar-refractivity contribution < 1.29 is 38.2 Å². The fourth-order valence-electron chi connectivity index (χ4n) is 5.95. The molecule has 43 heavy (non-hydrogen) atoms. The molecule has 4 rings (SSSR count). The lowest BCUT2D eigenvalue weighted by Gasteiger charge is -2.37. The number of hydrogen-bond acceptors (Lipinski definition) is 8. The van der Waals surface area contributed by atoms with Crippen molar-refractivity contribution in [1.29, 1.82) is 0 Å². The molecule has 0 aromatic carbocycles. The Morgan fingerprint density at radius 3 is 1.56 bits per heavy atom. The second-order valence-electron chi connectivity index (χ2n) is 13.7. The molecule has 0 spiro atoms. The van der Waals surface area contributed by atoms with Gasteiger partial charge in [0.25, 0.3) is 0 Å². The number of rotatable bonds is 4. The number of nitrogens with zero attached hydrogens (tertiary/aromatic N) is 4. The Balaban J connectivity index is 0.000000242. The molecule has 4 aliphatic rings. The number of esters is 1. The zero-order valence-electron chi connectivity index (χ0n) is 27.2. The summed E-state index contributed by atoms with van der Waals surface area (Å²) in [5.74, 6) is -0.940. The topological polar surface area (TPSA) is 126 Å². The molecule has 0 aromatic heterocycles. The molecule has 0 saturated carbocycles. The first kappa shape index (κ1) is 34.4. The van der Waals surface area contributed by atoms with Crippen LogP contribution in [0, 0.1) is 5.92 Å². The van der Waals surface area contributed by atoms with E-state index in [1.54, 1.807) is 21.6 Å². The monoisotopic (exact) mass is 608 g/mol. The molecule has 4 aliphatic heterocycles. The van der Waals surface area contributed by atoms with Gasteiger partial charge in [-0.3, -0.25) is 14.4 Å². The van der Waals surface area contributed by atoms with Gasteiger partial charge in [-0.15, -0.1) is 0 Å². The highest BCUT2D eigenvalue weighted by atomic mass is 16.6. The first-order chi connectivity index (χ1) is 20.1. The van der Waals surface area contributed by atoms with E-state index in [0.717, 1.165) is 25.8 Å². The molecule has 4 heterocycles. The van der Waals surface area contributed by atoms with Crippen LogP contribution in [0.25, 0.3) is 0 Å². The van der Waals surface area contributed by atoms with Gasteiger partial charge in [0.1, 0.15) is 17.1 Å². The van der Waals surface area contributed by atoms with E-state index >= 15 is 0 Å². The van der Waals surface area contributed by atoms with Crippen LogP contribution >= 0.6 is 0 Å². The standard InChI is InChI=1S/C17H28N2O5.C14H24N2O3/c1-5-23-15(21)13-8-11-19(14(13)20)12-6-9-18(10-7-12)16(22)24-17(2,3)4;1-14(2,3)19-13(18)15-9-6-11(7-10-15)16-8-4-5-12(16)17/h12-13H,5-11H2,1-4H3;11H,4-10H2,1-3H3. The number of piperidine rings is 2. The Bertz CT molecular complexity index is 1000. The van der Waals surface area contributed by atoms with Crippen molar-refractivity contribution in [2.24, 2.45) is 5.92 Å². The summed E-state index contributed by atoms with van der Waals surface area (Å²) in [6, 6.07) is 0.393. The smallest absolute Gasteiger partial charge is 0.410 e. The summed E-state index contributed by atoms with van der Waals surface area (Å²) >= 11 is 0. The fraction of sp³-hybridized carbons (Fsp3) is 0.839. The maximum absolute atomic E-state index is 12.4. The van der Waals surface area contributed by atoms with Crippen LogP contribution < -0.4 is 0 Å². The van der Waals surface area contributed by atoms with E-state index in [2.05, 4.69) is 0 Å². The summed E-state index contributed by atoms with van der Waals surface area (Å²) in [4.78, 5) is 67.2. The number of carbonyl (C=O) groups excluding carboxylic acids is 5. The highest BCUT2D eigenvalue weighted by Crippen LogP contribution is 2.27. The molecule has 4 saturated heterocycles. The van der Waals surface area contributed by atoms with E-state index in [-0.39, 0.29) is 36.6 Å². The molecule has 1 atom stereocenters. The molecule has 12 heteroatoms. The van der Waals surface area contributed by atoms with Crippen molar-refractivity contribution in [3.05, 3.63) is 0 Å². The van der Waals surface area contributed by atoms with Gasteiger partial charge in [0, 0.05) is 57.8 Å². The zero-order chi connectivity index (χ0) is 31.9. The third kappa shape index (κ3) is 9.99. The van der Waals surface area contributed by atoms with E-state index in [9.17, 15) is 24.0 Å². The minimum atomic E-state index is -0.658. The van der Waals surface area contributed by atoms with Gasteiger partial charge in [-0.2, -0.15) is 0 Å². The van der Waals surface area contributed by atoms with Crippen LogP contribution in [0.15, 0.2) is 0 Å². The lowest BCUT2D eigenvalue weighted by Crippen LogP contribution is -2.49. The zero-order valence-corrected chi connectivity index (χ0v) is 27.2. The Hall–Kier alpha value is -3.05. The van der Waals surface area contributed by atoms with Crippen LogP contribution in [0.3, 0.4) is 0 Å². The molecule has 0 radical (unpaired) electrons. The van der Waals surface area contributed by atoms with Crippen molar-refractivity contribution in [2.75, 3.05) is 45.9 Å². The quantitative estimate of drug-likeness (QED) is 0.268. The number of likely N-dealkylation sites (tertiary alicyclic amines) is 4. The minimum absolute atomic E-state index is 0.0793. The first-order valence-corrected chi connectivity index (χ1v) is 15.8. The third-order valence-electron chi connectivity index (χ3n) is 8.03. The van der Waals surface area contributed by atoms with Gasteiger partial charge in [-0.25, -0.2) is 9.59 Å². The largest absolute Gasteiger partial charge is 0.465 e. The Morgan fingerprint density at radius 2 is 1.16 bits per heavy atom. The summed E-state index contributed by atoms with van der Waals surface area (Å²) in [6.07, 6.45) is 4.79. The molecular weight excluding hydrogens is 556 g/mol. The van der Waals surface area contributed by atoms with E-state index in [4.69, 9.17) is 14.2 Å². The second-order valence-corrected chi connectivity index (χ2v) is 13.7. The fourth-order valence-corrected chi connectivity index (χ4v) is 5.95. The second kappa shape index (κ2) is 14.6. The first-order valence-electron chi connectivity index (χ1n) is 15.8. The summed E-state index contributed by atoms with van der Waals surface area (Å²) in [5, 5.41) is 0. The SMILES string of the molecule is CC(C)(C)OC(=O)N1CCC(N2CCCC2=O)CC1.CCOC(=O)C1CCN(C2CCN(C(=O)OC(C)(C)C)CC2)C1=O. The van der Waals surface area contributed by atoms with Gasteiger partial charge in [0.05, 0.1) is 6.61 Å². The Morgan fingerprint density at radius 1 is 0.698 bits per heavy atom. The molecule has 0 aliphatic carbocycles. The average Bonchev–Trinajstić information content (AvgIpc) is 3.52. The Kier molecular flexibility index (Phi) is 11.7. The van der Waals surface area contributed by atoms with Gasteiger partial charge in [0.15, 0.2) is 0 Å². The van der Waals surface area contributed by atoms with Crippen LogP contribution in [0.2, 0.25) is 0 Å². The maximum Gasteiger partial charge on any atom is 0.410 e. The number of hydrogen-bond donors (Lipinski definition) is 0. The molecule has 4 fully saturated rings. The molecule has 244 valence electrons. The molecule has 1 unspecified atom stereocenters. The van der Waals surface area contributed by atoms with Crippen LogP contribution in [-0.2, 0) is 28.6 Å². The van der Waals surface area contributed by atoms with Gasteiger partial charge in [-0.05, 0) is 87.0 Å². The van der Waals surface area contributed by atoms with Gasteiger partial charge in [-0.1, -0.05) is 0 Å². The van der Waals surface area contributed by atoms with Crippen molar-refractivity contribution >= 4 is 30.0 Å². The normalized spacial score (nSPS) is 22.3. The molecular formula is C31H52N4O8. The van der Waals surface area contributed by atoms with Crippen LogP contribution in [0.1, 0.15) is 93.4 Å². The number of carbonyl (C=O) groups is 5. The molecule has 12 nitrogen and oxygen atoms in total. The van der Waals surface area contributed by atoms with Crippen LogP contribution in [-0.4, -0.2) is 119 Å². The maximum atomic E-state index is 12.4. The van der Waals surface area contributed by atoms with Crippen molar-refractivity contribution in [3.8, 4) is 0 Å². The van der Waals surface area contributed by atoms with Gasteiger partial charge < -0.3 is 33.8 Å². The summed E-state index contributed by atoms with van der Waals surface area (Å²) < 4.78 is 15.7. The van der Waals surface area contributed by atoms with E-state index in [1.165, 1.54) is 0 Å². The summed E-state index contributed by atoms with van der Waals surface area (Å²) in [7, 11) is 0. The van der Waals surface area contributed by atoms with Crippen molar-refractivity contribution in [1.82, 2.24) is 19.6 Å². The predicted octanol–water partition coefficient (Wildman–Crippen LogP) is 3.81. The van der Waals surface area contributed by atoms with Gasteiger partial charge in [0.2, 0.25) is 11.8 Å². The van der Waals surface area contributed by atoms with E-state index < -0.39 is 23.1 Å². The van der Waals surface area contributed by atoms with Crippen LogP contribution in [0.5, 0.6) is 0 Å². The number of amides is 4. The van der Waals surface area contributed by atoms with Crippen LogP contribution in [0.4, 0.5) is 9.59 Å². The van der Waals surface area contributed by atoms with Crippen molar-refractivity contribution in [2.45, 2.75) is 117 Å². The third-order valence-corrected chi connectivity index (χ3v) is 8.03. The lowest BCUT2D eigenvalue weighted by atomic mass is 10.0. The number of ether oxygens (including phenoxy) is 3. The van der Waals surface area contributed by atoms with E-state index in [1.807, 2.05) is 46.4 Å². The van der Waals surface area contributed by atoms with Crippen molar-refractivity contribution in [3.63, 3.8) is 0 Å². The molecule has 0 bridgehead atoms. The van der Waals surface area contributed by atoms with Gasteiger partial charge >= 0.3 is 18.2 Å². The average molecular weight is 609 g/mol. The molecule has 0 N–H and O–H groups in total. The lowest BCUT2D eigenvalue weighted by molar-refractivity contribution is -0.153. The predicted molar refractivity (Wildman–Crippen MR) is 159 cm³/mol. The minimum Gasteiger partial charge on any atom is -0.465 e. The Labute approximate surface area is 256 Å². The highest BCUT2D eigenvalue weighted by Gasteiger charge is 2.42. The molecule has 0 aromatic rings. The summed E-state index contributed by atoms with van der Waals surface area (Å²) in [6.45, 7) is 17.1. The van der Waals surface area contributed by atoms with E-state index in [0.29, 0.717) is 64.4 Å². The summed E-state index contributed by atoms with van der Waals surface area (Å²) in [5.41, 5.74) is -0.954. The molecule has 4 amide bonds. The highest BCUT2D eigenvalue weighted by molar-refractivity contribution is 5.99.